The van der Waals surface area contributed by atoms with Crippen LogP contribution in [0.15, 0.2) is 24.5 Å². The first-order chi connectivity index (χ1) is 13.7. The Kier molecular flexibility index (Phi) is 6.19. The van der Waals surface area contributed by atoms with Gasteiger partial charge in [0.05, 0.1) is 0 Å². The molecule has 3 rings (SSSR count). The van der Waals surface area contributed by atoms with Gasteiger partial charge in [-0.05, 0) is 52.7 Å². The van der Waals surface area contributed by atoms with E-state index in [1.165, 1.54) is 4.90 Å². The number of aromatic nitrogens is 1. The molecule has 8 heteroatoms. The molecule has 0 bridgehead atoms. The summed E-state index contributed by atoms with van der Waals surface area (Å²) in [5.41, 5.74) is -0.585. The van der Waals surface area contributed by atoms with E-state index < -0.39 is 11.7 Å². The van der Waals surface area contributed by atoms with Crippen molar-refractivity contribution in [3.05, 3.63) is 24.5 Å². The van der Waals surface area contributed by atoms with Crippen molar-refractivity contribution in [3.63, 3.8) is 0 Å². The molecule has 29 heavy (non-hydrogen) atoms. The van der Waals surface area contributed by atoms with Gasteiger partial charge in [0.15, 0.2) is 0 Å². The number of piperidine rings is 1. The van der Waals surface area contributed by atoms with Crippen molar-refractivity contribution in [2.45, 2.75) is 58.2 Å². The van der Waals surface area contributed by atoms with Crippen LogP contribution in [0.2, 0.25) is 0 Å². The Bertz CT molecular complexity index is 740. The number of carbonyl (C=O) groups excluding carboxylic acids is 3. The van der Waals surface area contributed by atoms with Gasteiger partial charge in [0.1, 0.15) is 18.2 Å². The van der Waals surface area contributed by atoms with Crippen LogP contribution in [0.5, 0.6) is 0 Å². The number of rotatable bonds is 3. The van der Waals surface area contributed by atoms with Crippen molar-refractivity contribution in [2.24, 2.45) is 0 Å². The zero-order valence-corrected chi connectivity index (χ0v) is 17.8. The second kappa shape index (κ2) is 8.47. The molecule has 0 saturated carbocycles. The topological polar surface area (TPSA) is 75.1 Å². The summed E-state index contributed by atoms with van der Waals surface area (Å²) in [6.07, 6.45) is 5.08. The van der Waals surface area contributed by atoms with Gasteiger partial charge in [-0.15, -0.1) is 0 Å². The van der Waals surface area contributed by atoms with E-state index >= 15 is 0 Å². The highest BCUT2D eigenvalue weighted by Gasteiger charge is 2.36. The summed E-state index contributed by atoms with van der Waals surface area (Å²) in [7, 11) is 0. The molecule has 3 amide bonds. The van der Waals surface area contributed by atoms with Crippen molar-refractivity contribution in [1.29, 1.82) is 0 Å². The predicted octanol–water partition coefficient (Wildman–Crippen LogP) is 2.12. The maximum Gasteiger partial charge on any atom is 0.410 e. The molecular formula is C21H32N4O4. The molecule has 2 aliphatic rings. The monoisotopic (exact) mass is 404 g/mol. The molecule has 0 N–H and O–H groups in total. The number of amides is 3. The molecule has 2 atom stereocenters. The maximum absolute atomic E-state index is 12.9. The zero-order valence-electron chi connectivity index (χ0n) is 17.8. The fraction of sp³-hybridized carbons (Fsp3) is 0.667. The molecular weight excluding hydrogens is 372 g/mol. The highest BCUT2D eigenvalue weighted by Crippen LogP contribution is 2.22. The summed E-state index contributed by atoms with van der Waals surface area (Å²) in [5.74, 6) is -0.00870. The smallest absolute Gasteiger partial charge is 0.410 e. The Hall–Kier alpha value is -2.51. The van der Waals surface area contributed by atoms with Crippen LogP contribution >= 0.6 is 0 Å². The second-order valence-corrected chi connectivity index (χ2v) is 8.88. The van der Waals surface area contributed by atoms with E-state index in [0.29, 0.717) is 26.2 Å². The summed E-state index contributed by atoms with van der Waals surface area (Å²) in [6, 6.07) is 3.55. The predicted molar refractivity (Wildman–Crippen MR) is 108 cm³/mol. The quantitative estimate of drug-likeness (QED) is 0.773. The fourth-order valence-corrected chi connectivity index (χ4v) is 3.96. The molecule has 0 spiro atoms. The molecule has 8 nitrogen and oxygen atoms in total. The van der Waals surface area contributed by atoms with Crippen LogP contribution < -0.4 is 0 Å². The lowest BCUT2D eigenvalue weighted by atomic mass is 10.0. The Morgan fingerprint density at radius 1 is 1.10 bits per heavy atom. The minimum Gasteiger partial charge on any atom is -0.444 e. The van der Waals surface area contributed by atoms with Gasteiger partial charge in [0.25, 0.3) is 0 Å². The molecule has 2 saturated heterocycles. The molecule has 0 aliphatic carbocycles. The lowest BCUT2D eigenvalue weighted by Gasteiger charge is -2.43. The number of likely N-dealkylation sites (tertiary alicyclic amines) is 1. The second-order valence-electron chi connectivity index (χ2n) is 8.88. The van der Waals surface area contributed by atoms with Gasteiger partial charge in [-0.2, -0.15) is 0 Å². The minimum absolute atomic E-state index is 0.00199. The zero-order chi connectivity index (χ0) is 21.2. The van der Waals surface area contributed by atoms with Gasteiger partial charge >= 0.3 is 6.09 Å². The number of nitrogens with zero attached hydrogens (tertiary/aromatic N) is 4. The van der Waals surface area contributed by atoms with Gasteiger partial charge in [0.2, 0.25) is 11.8 Å². The minimum atomic E-state index is -0.585. The number of hydrogen-bond acceptors (Lipinski definition) is 4. The molecule has 0 radical (unpaired) electrons. The number of ether oxygens (including phenoxy) is 1. The van der Waals surface area contributed by atoms with E-state index in [9.17, 15) is 14.4 Å². The van der Waals surface area contributed by atoms with Crippen LogP contribution in [-0.2, 0) is 14.3 Å². The molecule has 2 unspecified atom stereocenters. The van der Waals surface area contributed by atoms with Gasteiger partial charge in [-0.1, -0.05) is 0 Å². The summed E-state index contributed by atoms with van der Waals surface area (Å²) in [4.78, 5) is 43.1. The summed E-state index contributed by atoms with van der Waals surface area (Å²) in [6.45, 7) is 9.54. The van der Waals surface area contributed by atoms with Crippen molar-refractivity contribution in [1.82, 2.24) is 19.3 Å². The highest BCUT2D eigenvalue weighted by molar-refractivity contribution is 5.84. The van der Waals surface area contributed by atoms with E-state index in [1.807, 2.05) is 66.6 Å². The van der Waals surface area contributed by atoms with E-state index in [1.54, 1.807) is 0 Å². The lowest BCUT2D eigenvalue weighted by Crippen LogP contribution is -2.59. The van der Waals surface area contributed by atoms with Crippen molar-refractivity contribution in [2.75, 3.05) is 32.7 Å². The first-order valence-corrected chi connectivity index (χ1v) is 10.3. The molecule has 1 aromatic heterocycles. The first-order valence-electron chi connectivity index (χ1n) is 10.3. The average molecular weight is 405 g/mol. The summed E-state index contributed by atoms with van der Waals surface area (Å²) in [5, 5.41) is 0. The van der Waals surface area contributed by atoms with Crippen molar-refractivity contribution in [3.8, 4) is 0 Å². The van der Waals surface area contributed by atoms with Crippen LogP contribution in [0.3, 0.4) is 0 Å². The van der Waals surface area contributed by atoms with Gasteiger partial charge in [-0.25, -0.2) is 4.79 Å². The fourth-order valence-electron chi connectivity index (χ4n) is 3.96. The van der Waals surface area contributed by atoms with Gasteiger partial charge in [0, 0.05) is 44.6 Å². The Morgan fingerprint density at radius 2 is 1.79 bits per heavy atom. The van der Waals surface area contributed by atoms with E-state index in [0.717, 1.165) is 12.8 Å². The molecule has 0 aromatic carbocycles. The normalized spacial score (nSPS) is 21.9. The third kappa shape index (κ3) is 5.10. The molecule has 2 aliphatic heterocycles. The van der Waals surface area contributed by atoms with Crippen LogP contribution in [0, 0.1) is 0 Å². The maximum atomic E-state index is 12.9. The SMILES string of the molecule is CC(C(=O)N1CCCC(N2CCN(C(=O)OC(C)(C)C)CC2=O)C1)n1cccc1. The number of carbonyl (C=O) groups is 3. The van der Waals surface area contributed by atoms with Crippen LogP contribution in [0.4, 0.5) is 4.79 Å². The van der Waals surface area contributed by atoms with Crippen molar-refractivity contribution >= 4 is 17.9 Å². The van der Waals surface area contributed by atoms with Crippen LogP contribution in [-0.4, -0.2) is 81.5 Å². The highest BCUT2D eigenvalue weighted by atomic mass is 16.6. The number of hydrogen-bond donors (Lipinski definition) is 0. The Labute approximate surface area is 172 Å². The first kappa shape index (κ1) is 21.2. The third-order valence-electron chi connectivity index (χ3n) is 5.49. The van der Waals surface area contributed by atoms with E-state index in [4.69, 9.17) is 4.74 Å². The van der Waals surface area contributed by atoms with Crippen molar-refractivity contribution < 1.29 is 19.1 Å². The molecule has 160 valence electrons. The molecule has 2 fully saturated rings. The Balaban J connectivity index is 1.58. The van der Waals surface area contributed by atoms with Crippen LogP contribution in [0.25, 0.3) is 0 Å². The third-order valence-corrected chi connectivity index (χ3v) is 5.49. The van der Waals surface area contributed by atoms with Crippen LogP contribution in [0.1, 0.15) is 46.6 Å². The summed E-state index contributed by atoms with van der Waals surface area (Å²) < 4.78 is 7.28. The molecule has 1 aromatic rings. The number of piperazine rings is 1. The van der Waals surface area contributed by atoms with E-state index in [2.05, 4.69) is 0 Å². The van der Waals surface area contributed by atoms with Gasteiger partial charge < -0.3 is 19.1 Å². The van der Waals surface area contributed by atoms with Gasteiger partial charge in [-0.3, -0.25) is 14.5 Å². The lowest BCUT2D eigenvalue weighted by molar-refractivity contribution is -0.144. The largest absolute Gasteiger partial charge is 0.444 e. The standard InChI is InChI=1S/C21H32N4O4/c1-16(22-9-5-6-10-22)19(27)23-11-7-8-17(14-23)25-13-12-24(15-18(25)26)20(28)29-21(2,3)4/h5-6,9-10,16-17H,7-8,11-15H2,1-4H3. The summed E-state index contributed by atoms with van der Waals surface area (Å²) >= 11 is 0. The Morgan fingerprint density at radius 3 is 2.41 bits per heavy atom. The molecule has 3 heterocycles. The average Bonchev–Trinajstić information content (AvgIpc) is 3.20. The van der Waals surface area contributed by atoms with E-state index in [-0.39, 0.29) is 30.4 Å².